The molecule has 0 aromatic heterocycles. The molecular weight excluding hydrogens is 188 g/mol. The molecule has 0 bridgehead atoms. The number of amides is 1. The van der Waals surface area contributed by atoms with Gasteiger partial charge in [-0.15, -0.1) is 0 Å². The van der Waals surface area contributed by atoms with E-state index in [0.717, 1.165) is 18.5 Å². The molecule has 0 saturated heterocycles. The Morgan fingerprint density at radius 2 is 2.20 bits per heavy atom. The van der Waals surface area contributed by atoms with Crippen LogP contribution >= 0.6 is 0 Å². The van der Waals surface area contributed by atoms with Gasteiger partial charge in [0.2, 0.25) is 5.91 Å². The first-order valence-electron chi connectivity index (χ1n) is 5.52. The van der Waals surface area contributed by atoms with Crippen LogP contribution in [0.4, 0.5) is 0 Å². The molecule has 1 aliphatic rings. The standard InChI is InChI=1S/C10H16N2O.C2H6/c1-11-8-10(13)12(2)9-6-4-3-5-7-9;1-2/h3-4,6,11H,5,7-8H2,1-2H3;1-2H3. The van der Waals surface area contributed by atoms with E-state index >= 15 is 0 Å². The monoisotopic (exact) mass is 210 g/mol. The highest BCUT2D eigenvalue weighted by Gasteiger charge is 2.12. The summed E-state index contributed by atoms with van der Waals surface area (Å²) >= 11 is 0. The van der Waals surface area contributed by atoms with Crippen molar-refractivity contribution >= 4 is 5.91 Å². The van der Waals surface area contributed by atoms with Crippen molar-refractivity contribution in [2.75, 3.05) is 20.6 Å². The lowest BCUT2D eigenvalue weighted by Gasteiger charge is -2.21. The summed E-state index contributed by atoms with van der Waals surface area (Å²) in [5, 5.41) is 2.85. The molecule has 1 N–H and O–H groups in total. The highest BCUT2D eigenvalue weighted by molar-refractivity contribution is 5.79. The lowest BCUT2D eigenvalue weighted by molar-refractivity contribution is -0.127. The fourth-order valence-electron chi connectivity index (χ4n) is 1.30. The number of allylic oxidation sites excluding steroid dienone is 4. The normalized spacial score (nSPS) is 13.7. The summed E-state index contributed by atoms with van der Waals surface area (Å²) in [5.74, 6) is 0.115. The molecule has 0 atom stereocenters. The third kappa shape index (κ3) is 4.79. The minimum Gasteiger partial charge on any atom is -0.318 e. The Bertz CT molecular complexity index is 244. The summed E-state index contributed by atoms with van der Waals surface area (Å²) in [6.45, 7) is 4.40. The lowest BCUT2D eigenvalue weighted by Crippen LogP contribution is -2.33. The predicted octanol–water partition coefficient (Wildman–Crippen LogP) is 1.92. The molecule has 1 aliphatic carbocycles. The van der Waals surface area contributed by atoms with Crippen molar-refractivity contribution < 1.29 is 4.79 Å². The molecule has 0 spiro atoms. The number of carbonyl (C=O) groups is 1. The van der Waals surface area contributed by atoms with Crippen molar-refractivity contribution in [3.8, 4) is 0 Å². The second kappa shape index (κ2) is 8.24. The zero-order valence-electron chi connectivity index (χ0n) is 10.2. The first-order valence-corrected chi connectivity index (χ1v) is 5.52. The molecule has 0 heterocycles. The molecule has 1 rings (SSSR count). The highest BCUT2D eigenvalue weighted by Crippen LogP contribution is 2.14. The maximum Gasteiger partial charge on any atom is 0.240 e. The summed E-state index contributed by atoms with van der Waals surface area (Å²) in [6.07, 6.45) is 8.10. The van der Waals surface area contributed by atoms with Crippen LogP contribution in [0.1, 0.15) is 26.7 Å². The topological polar surface area (TPSA) is 32.3 Å². The number of hydrogen-bond donors (Lipinski definition) is 1. The van der Waals surface area contributed by atoms with Gasteiger partial charge in [0.25, 0.3) is 0 Å². The van der Waals surface area contributed by atoms with Crippen molar-refractivity contribution in [1.82, 2.24) is 10.2 Å². The van der Waals surface area contributed by atoms with Gasteiger partial charge < -0.3 is 10.2 Å². The number of nitrogens with one attached hydrogen (secondary N) is 1. The van der Waals surface area contributed by atoms with E-state index in [9.17, 15) is 4.79 Å². The van der Waals surface area contributed by atoms with E-state index in [0.29, 0.717) is 6.54 Å². The van der Waals surface area contributed by atoms with E-state index in [2.05, 4.69) is 11.4 Å². The zero-order valence-corrected chi connectivity index (χ0v) is 10.2. The van der Waals surface area contributed by atoms with Crippen LogP contribution in [-0.4, -0.2) is 31.4 Å². The summed E-state index contributed by atoms with van der Waals surface area (Å²) in [5.41, 5.74) is 1.10. The Morgan fingerprint density at radius 1 is 1.53 bits per heavy atom. The molecule has 0 unspecified atom stereocenters. The maximum absolute atomic E-state index is 11.4. The molecule has 0 aliphatic heterocycles. The molecule has 0 radical (unpaired) electrons. The average molecular weight is 210 g/mol. The molecule has 1 amide bonds. The minimum absolute atomic E-state index is 0.115. The van der Waals surface area contributed by atoms with Crippen LogP contribution in [0.5, 0.6) is 0 Å². The maximum atomic E-state index is 11.4. The van der Waals surface area contributed by atoms with E-state index in [1.165, 1.54) is 0 Å². The Balaban J connectivity index is 0.000000921. The van der Waals surface area contributed by atoms with Gasteiger partial charge in [-0.05, 0) is 26.0 Å². The van der Waals surface area contributed by atoms with Crippen molar-refractivity contribution in [3.05, 3.63) is 23.9 Å². The van der Waals surface area contributed by atoms with E-state index in [1.54, 1.807) is 11.9 Å². The fraction of sp³-hybridized carbons (Fsp3) is 0.583. The van der Waals surface area contributed by atoms with Crippen molar-refractivity contribution in [2.24, 2.45) is 0 Å². The van der Waals surface area contributed by atoms with Crippen molar-refractivity contribution in [1.29, 1.82) is 0 Å². The van der Waals surface area contributed by atoms with Gasteiger partial charge in [-0.1, -0.05) is 26.0 Å². The van der Waals surface area contributed by atoms with Crippen LogP contribution in [-0.2, 0) is 4.79 Å². The molecule has 15 heavy (non-hydrogen) atoms. The third-order valence-corrected chi connectivity index (χ3v) is 2.12. The lowest BCUT2D eigenvalue weighted by atomic mass is 10.1. The number of hydrogen-bond acceptors (Lipinski definition) is 2. The SMILES string of the molecule is CC.CNCC(=O)N(C)C1=CC=CCC1. The molecule has 86 valence electrons. The van der Waals surface area contributed by atoms with E-state index in [4.69, 9.17) is 0 Å². The van der Waals surface area contributed by atoms with Crippen LogP contribution in [0.15, 0.2) is 23.9 Å². The number of nitrogens with zero attached hydrogens (tertiary/aromatic N) is 1. The van der Waals surface area contributed by atoms with Gasteiger partial charge in [-0.3, -0.25) is 4.79 Å². The largest absolute Gasteiger partial charge is 0.318 e. The molecule has 3 heteroatoms. The van der Waals surface area contributed by atoms with Gasteiger partial charge in [-0.2, -0.15) is 0 Å². The van der Waals surface area contributed by atoms with E-state index in [-0.39, 0.29) is 5.91 Å². The number of likely N-dealkylation sites (N-methyl/N-ethyl adjacent to an activating group) is 2. The number of rotatable bonds is 3. The van der Waals surface area contributed by atoms with Gasteiger partial charge >= 0.3 is 0 Å². The first kappa shape index (κ1) is 13.9. The Kier molecular flexibility index (Phi) is 7.64. The van der Waals surface area contributed by atoms with Crippen LogP contribution in [0.25, 0.3) is 0 Å². The summed E-state index contributed by atoms with van der Waals surface area (Å²) in [7, 11) is 3.60. The van der Waals surface area contributed by atoms with Gasteiger partial charge in [0.15, 0.2) is 0 Å². The van der Waals surface area contributed by atoms with Gasteiger partial charge in [0.1, 0.15) is 0 Å². The quantitative estimate of drug-likeness (QED) is 0.772. The summed E-state index contributed by atoms with van der Waals surface area (Å²) in [6, 6.07) is 0. The Morgan fingerprint density at radius 3 is 2.67 bits per heavy atom. The van der Waals surface area contributed by atoms with Crippen molar-refractivity contribution in [2.45, 2.75) is 26.7 Å². The fourth-order valence-corrected chi connectivity index (χ4v) is 1.30. The molecule has 0 fully saturated rings. The summed E-state index contributed by atoms with van der Waals surface area (Å²) < 4.78 is 0. The van der Waals surface area contributed by atoms with Crippen LogP contribution in [0.2, 0.25) is 0 Å². The van der Waals surface area contributed by atoms with E-state index < -0.39 is 0 Å². The smallest absolute Gasteiger partial charge is 0.240 e. The van der Waals surface area contributed by atoms with Crippen LogP contribution in [0, 0.1) is 0 Å². The molecule has 0 aromatic rings. The van der Waals surface area contributed by atoms with Gasteiger partial charge in [0.05, 0.1) is 6.54 Å². The number of carbonyl (C=O) groups excluding carboxylic acids is 1. The second-order valence-electron chi connectivity index (χ2n) is 3.11. The molecule has 0 saturated carbocycles. The molecule has 0 aromatic carbocycles. The minimum atomic E-state index is 0.115. The van der Waals surface area contributed by atoms with E-state index in [1.807, 2.05) is 33.0 Å². The summed E-state index contributed by atoms with van der Waals surface area (Å²) in [4.78, 5) is 13.2. The van der Waals surface area contributed by atoms with Gasteiger partial charge in [0, 0.05) is 12.7 Å². The second-order valence-corrected chi connectivity index (χ2v) is 3.11. The van der Waals surface area contributed by atoms with Crippen LogP contribution < -0.4 is 5.32 Å². The Labute approximate surface area is 92.8 Å². The highest BCUT2D eigenvalue weighted by atomic mass is 16.2. The molecule has 3 nitrogen and oxygen atoms in total. The third-order valence-electron chi connectivity index (χ3n) is 2.12. The predicted molar refractivity (Wildman–Crippen MR) is 64.5 cm³/mol. The average Bonchev–Trinajstić information content (AvgIpc) is 2.32. The van der Waals surface area contributed by atoms with Gasteiger partial charge in [-0.25, -0.2) is 0 Å². The zero-order chi connectivity index (χ0) is 11.7. The van der Waals surface area contributed by atoms with Crippen molar-refractivity contribution in [3.63, 3.8) is 0 Å². The van der Waals surface area contributed by atoms with Crippen LogP contribution in [0.3, 0.4) is 0 Å². The Hall–Kier alpha value is -1.09. The first-order chi connectivity index (χ1) is 7.25. The molecular formula is C12H22N2O.